The van der Waals surface area contributed by atoms with Gasteiger partial charge in [0.25, 0.3) is 5.91 Å². The number of hydrogen-bond donors (Lipinski definition) is 0. The second-order valence-corrected chi connectivity index (χ2v) is 6.53. The topological polar surface area (TPSA) is 77.7 Å². The molecule has 0 atom stereocenters. The van der Waals surface area contributed by atoms with Gasteiger partial charge in [0.15, 0.2) is 6.61 Å². The molecule has 0 fully saturated rings. The first-order valence-corrected chi connectivity index (χ1v) is 8.87. The third-order valence-corrected chi connectivity index (χ3v) is 4.43. The van der Waals surface area contributed by atoms with E-state index in [0.29, 0.717) is 23.2 Å². The van der Waals surface area contributed by atoms with E-state index in [4.69, 9.17) is 14.0 Å². The first kappa shape index (κ1) is 19.4. The van der Waals surface area contributed by atoms with Gasteiger partial charge in [0.05, 0.1) is 13.7 Å². The van der Waals surface area contributed by atoms with E-state index in [1.165, 1.54) is 10.5 Å². The van der Waals surface area contributed by atoms with Crippen molar-refractivity contribution in [1.82, 2.24) is 15.0 Å². The van der Waals surface area contributed by atoms with Crippen molar-refractivity contribution in [2.24, 2.45) is 0 Å². The number of rotatable bonds is 7. The van der Waals surface area contributed by atoms with Gasteiger partial charge < -0.3 is 18.9 Å². The number of aryl methyl sites for hydroxylation is 2. The molecule has 7 nitrogen and oxygen atoms in total. The van der Waals surface area contributed by atoms with Gasteiger partial charge in [-0.1, -0.05) is 23.4 Å². The number of likely N-dealkylation sites (N-methyl/N-ethyl adjacent to an activating group) is 1. The summed E-state index contributed by atoms with van der Waals surface area (Å²) >= 11 is 0. The molecule has 0 saturated heterocycles. The predicted molar refractivity (Wildman–Crippen MR) is 104 cm³/mol. The smallest absolute Gasteiger partial charge is 0.260 e. The minimum Gasteiger partial charge on any atom is -0.497 e. The summed E-state index contributed by atoms with van der Waals surface area (Å²) in [6, 6.07) is 13.1. The van der Waals surface area contributed by atoms with E-state index in [0.717, 1.165) is 11.1 Å². The number of hydrogen-bond acceptors (Lipinski definition) is 6. The number of carbonyl (C=O) groups excluding carboxylic acids is 1. The van der Waals surface area contributed by atoms with Crippen LogP contribution in [0.5, 0.6) is 11.5 Å². The van der Waals surface area contributed by atoms with Gasteiger partial charge in [-0.2, -0.15) is 4.98 Å². The lowest BCUT2D eigenvalue weighted by molar-refractivity contribution is -0.132. The van der Waals surface area contributed by atoms with Crippen LogP contribution in [0.25, 0.3) is 11.4 Å². The van der Waals surface area contributed by atoms with Gasteiger partial charge in [-0.15, -0.1) is 0 Å². The van der Waals surface area contributed by atoms with Crippen LogP contribution in [-0.2, 0) is 11.3 Å². The van der Waals surface area contributed by atoms with Crippen molar-refractivity contribution in [3.63, 3.8) is 0 Å². The summed E-state index contributed by atoms with van der Waals surface area (Å²) in [6.07, 6.45) is 0. The number of ether oxygens (including phenoxy) is 2. The Bertz CT molecular complexity index is 968. The van der Waals surface area contributed by atoms with Crippen molar-refractivity contribution in [1.29, 1.82) is 0 Å². The maximum Gasteiger partial charge on any atom is 0.260 e. The lowest BCUT2D eigenvalue weighted by atomic mass is 10.1. The summed E-state index contributed by atoms with van der Waals surface area (Å²) in [7, 11) is 3.27. The number of amides is 1. The molecule has 146 valence electrons. The monoisotopic (exact) mass is 381 g/mol. The lowest BCUT2D eigenvalue weighted by Gasteiger charge is -2.15. The molecule has 0 spiro atoms. The van der Waals surface area contributed by atoms with Crippen LogP contribution in [0.15, 0.2) is 47.0 Å². The van der Waals surface area contributed by atoms with Crippen LogP contribution >= 0.6 is 0 Å². The summed E-state index contributed by atoms with van der Waals surface area (Å²) in [5.41, 5.74) is 3.08. The molecule has 3 aromatic rings. The van der Waals surface area contributed by atoms with Crippen LogP contribution in [0.2, 0.25) is 0 Å². The molecule has 0 saturated carbocycles. The van der Waals surface area contributed by atoms with E-state index >= 15 is 0 Å². The number of carbonyl (C=O) groups is 1. The summed E-state index contributed by atoms with van der Waals surface area (Å²) < 4.78 is 16.1. The third-order valence-electron chi connectivity index (χ3n) is 4.43. The lowest BCUT2D eigenvalue weighted by Crippen LogP contribution is -2.31. The minimum atomic E-state index is -0.181. The SMILES string of the molecule is COc1cccc(-c2noc(CN(C)C(=O)COc3ccc(C)c(C)c3)n2)c1. The van der Waals surface area contributed by atoms with Crippen molar-refractivity contribution in [2.75, 3.05) is 20.8 Å². The van der Waals surface area contributed by atoms with E-state index in [1.807, 2.05) is 56.3 Å². The van der Waals surface area contributed by atoms with E-state index in [-0.39, 0.29) is 19.1 Å². The number of benzene rings is 2. The summed E-state index contributed by atoms with van der Waals surface area (Å²) in [6.45, 7) is 4.18. The quantitative estimate of drug-likeness (QED) is 0.624. The molecule has 1 amide bonds. The number of nitrogens with zero attached hydrogens (tertiary/aromatic N) is 3. The van der Waals surface area contributed by atoms with Crippen LogP contribution in [0.1, 0.15) is 17.0 Å². The highest BCUT2D eigenvalue weighted by molar-refractivity contribution is 5.77. The summed E-state index contributed by atoms with van der Waals surface area (Å²) in [5, 5.41) is 3.97. The Balaban J connectivity index is 1.58. The van der Waals surface area contributed by atoms with Crippen molar-refractivity contribution < 1.29 is 18.8 Å². The molecule has 0 N–H and O–H groups in total. The molecule has 28 heavy (non-hydrogen) atoms. The van der Waals surface area contributed by atoms with E-state index in [2.05, 4.69) is 10.1 Å². The molecule has 3 rings (SSSR count). The highest BCUT2D eigenvalue weighted by Crippen LogP contribution is 2.21. The molecule has 7 heteroatoms. The Labute approximate surface area is 163 Å². The van der Waals surface area contributed by atoms with Crippen LogP contribution in [0.4, 0.5) is 0 Å². The van der Waals surface area contributed by atoms with Gasteiger partial charge in [0.1, 0.15) is 11.5 Å². The van der Waals surface area contributed by atoms with E-state index in [1.54, 1.807) is 14.2 Å². The zero-order valence-corrected chi connectivity index (χ0v) is 16.4. The third kappa shape index (κ3) is 4.68. The van der Waals surface area contributed by atoms with E-state index < -0.39 is 0 Å². The fourth-order valence-corrected chi connectivity index (χ4v) is 2.55. The first-order chi connectivity index (χ1) is 13.5. The molecule has 0 aliphatic rings. The molecule has 0 bridgehead atoms. The van der Waals surface area contributed by atoms with E-state index in [9.17, 15) is 4.79 Å². The normalized spacial score (nSPS) is 10.6. The van der Waals surface area contributed by atoms with Crippen molar-refractivity contribution in [3.05, 3.63) is 59.5 Å². The highest BCUT2D eigenvalue weighted by atomic mass is 16.5. The Morgan fingerprint density at radius 1 is 1.11 bits per heavy atom. The Kier molecular flexibility index (Phi) is 5.93. The second-order valence-electron chi connectivity index (χ2n) is 6.53. The Morgan fingerprint density at radius 2 is 1.93 bits per heavy atom. The van der Waals surface area contributed by atoms with Crippen LogP contribution < -0.4 is 9.47 Å². The molecule has 1 aromatic heterocycles. The maximum absolute atomic E-state index is 12.3. The Hall–Kier alpha value is -3.35. The van der Waals surface area contributed by atoms with Crippen molar-refractivity contribution in [2.45, 2.75) is 20.4 Å². The van der Waals surface area contributed by atoms with Gasteiger partial charge in [-0.3, -0.25) is 4.79 Å². The van der Waals surface area contributed by atoms with Gasteiger partial charge in [-0.05, 0) is 49.2 Å². The average molecular weight is 381 g/mol. The van der Waals surface area contributed by atoms with Crippen LogP contribution in [0.3, 0.4) is 0 Å². The largest absolute Gasteiger partial charge is 0.497 e. The zero-order valence-electron chi connectivity index (χ0n) is 16.4. The van der Waals surface area contributed by atoms with Gasteiger partial charge in [0.2, 0.25) is 11.7 Å². The van der Waals surface area contributed by atoms with Gasteiger partial charge in [-0.25, -0.2) is 0 Å². The molecule has 1 heterocycles. The molecule has 0 aliphatic heterocycles. The molecular weight excluding hydrogens is 358 g/mol. The predicted octanol–water partition coefficient (Wildman–Crippen LogP) is 3.40. The standard InChI is InChI=1S/C21H23N3O4/c1-14-8-9-18(10-15(14)2)27-13-20(25)24(3)12-19-22-21(23-28-19)16-6-5-7-17(11-16)26-4/h5-11H,12-13H2,1-4H3. The number of methoxy groups -OCH3 is 1. The van der Waals surface area contributed by atoms with Crippen LogP contribution in [-0.4, -0.2) is 41.7 Å². The molecule has 2 aromatic carbocycles. The fourth-order valence-electron chi connectivity index (χ4n) is 2.55. The highest BCUT2D eigenvalue weighted by Gasteiger charge is 2.15. The molecule has 0 radical (unpaired) electrons. The molecule has 0 unspecified atom stereocenters. The second kappa shape index (κ2) is 8.56. The Morgan fingerprint density at radius 3 is 2.68 bits per heavy atom. The first-order valence-electron chi connectivity index (χ1n) is 8.87. The van der Waals surface area contributed by atoms with Crippen molar-refractivity contribution in [3.8, 4) is 22.9 Å². The summed E-state index contributed by atoms with van der Waals surface area (Å²) in [5.74, 6) is 1.99. The fraction of sp³-hybridized carbons (Fsp3) is 0.286. The molecular formula is C21H23N3O4. The van der Waals surface area contributed by atoms with Crippen molar-refractivity contribution >= 4 is 5.91 Å². The zero-order chi connectivity index (χ0) is 20.1. The average Bonchev–Trinajstić information content (AvgIpc) is 3.17. The summed E-state index contributed by atoms with van der Waals surface area (Å²) in [4.78, 5) is 18.2. The minimum absolute atomic E-state index is 0.0596. The molecule has 0 aliphatic carbocycles. The maximum atomic E-state index is 12.3. The number of aromatic nitrogens is 2. The van der Waals surface area contributed by atoms with Gasteiger partial charge >= 0.3 is 0 Å². The van der Waals surface area contributed by atoms with Crippen LogP contribution in [0, 0.1) is 13.8 Å². The van der Waals surface area contributed by atoms with Gasteiger partial charge in [0, 0.05) is 12.6 Å².